The molecule has 0 radical (unpaired) electrons. The first-order valence-corrected chi connectivity index (χ1v) is 28.8. The molecule has 9 N–H and O–H groups in total. The molecule has 0 saturated carbocycles. The van der Waals surface area contributed by atoms with Gasteiger partial charge in [0.05, 0.1) is 32.0 Å². The lowest BCUT2D eigenvalue weighted by molar-refractivity contribution is -0.359. The lowest BCUT2D eigenvalue weighted by Crippen LogP contribution is -2.65. The summed E-state index contributed by atoms with van der Waals surface area (Å²) in [6.07, 6.45) is 43.0. The van der Waals surface area contributed by atoms with Crippen molar-refractivity contribution in [2.45, 2.75) is 267 Å². The summed E-state index contributed by atoms with van der Waals surface area (Å²) in [5, 5.41) is 87.0. The zero-order valence-electron chi connectivity index (χ0n) is 45.6. The van der Waals surface area contributed by atoms with Crippen molar-refractivity contribution in [2.24, 2.45) is 0 Å². The molecule has 2 heterocycles. The number of hydrogen-bond acceptors (Lipinski definition) is 13. The van der Waals surface area contributed by atoms with Crippen molar-refractivity contribution in [2.75, 3.05) is 19.8 Å². The predicted molar refractivity (Wildman–Crippen MR) is 295 cm³/mol. The van der Waals surface area contributed by atoms with Crippen molar-refractivity contribution < 1.29 is 64.6 Å². The Morgan fingerprint density at radius 1 is 0.500 bits per heavy atom. The molecule has 2 aliphatic rings. The fraction of sp³-hybridized carbons (Fsp3) is 0.750. The maximum atomic E-state index is 13.2. The fourth-order valence-electron chi connectivity index (χ4n) is 8.98. The molecule has 0 aliphatic carbocycles. The zero-order valence-corrected chi connectivity index (χ0v) is 45.6. The quantitative estimate of drug-likeness (QED) is 0.0205. The number of rotatable bonds is 44. The molecule has 2 rings (SSSR count). The molecule has 0 bridgehead atoms. The summed E-state index contributed by atoms with van der Waals surface area (Å²) in [6.45, 7) is 2.70. The molecule has 1 amide bonds. The predicted octanol–water partition coefficient (Wildman–Crippen LogP) is 9.33. The molecule has 0 aromatic heterocycles. The third-order valence-electron chi connectivity index (χ3n) is 13.6. The molecule has 12 unspecified atom stereocenters. The summed E-state index contributed by atoms with van der Waals surface area (Å²) < 4.78 is 22.8. The van der Waals surface area contributed by atoms with Gasteiger partial charge in [-0.1, -0.05) is 202 Å². The minimum absolute atomic E-state index is 0.223. The Bertz CT molecular complexity index is 1560. The first kappa shape index (κ1) is 67.3. The van der Waals surface area contributed by atoms with Crippen molar-refractivity contribution in [3.8, 4) is 0 Å². The normalized spacial score (nSPS) is 25.9. The average Bonchev–Trinajstić information content (AvgIpc) is 3.40. The Morgan fingerprint density at radius 2 is 0.932 bits per heavy atom. The topological polar surface area (TPSA) is 228 Å². The lowest BCUT2D eigenvalue weighted by atomic mass is 9.97. The Labute approximate surface area is 446 Å². The first-order valence-electron chi connectivity index (χ1n) is 28.8. The molecule has 12 atom stereocenters. The molecule has 2 saturated heterocycles. The molecule has 14 nitrogen and oxygen atoms in total. The highest BCUT2D eigenvalue weighted by molar-refractivity contribution is 5.76. The van der Waals surface area contributed by atoms with Crippen molar-refractivity contribution >= 4 is 5.91 Å². The monoisotopic (exact) mass is 1050 g/mol. The van der Waals surface area contributed by atoms with Crippen LogP contribution in [0.2, 0.25) is 0 Å². The summed E-state index contributed by atoms with van der Waals surface area (Å²) in [7, 11) is 0. The van der Waals surface area contributed by atoms with Crippen LogP contribution < -0.4 is 5.32 Å². The number of nitrogens with one attached hydrogen (secondary N) is 1. The van der Waals surface area contributed by atoms with Gasteiger partial charge >= 0.3 is 0 Å². The zero-order chi connectivity index (χ0) is 53.9. The van der Waals surface area contributed by atoms with Gasteiger partial charge in [-0.15, -0.1) is 0 Å². The standard InChI is InChI=1S/C60H103NO13/c1-3-5-7-9-11-13-15-16-17-18-19-20-21-22-23-24-25-26-27-28-29-30-31-32-34-36-38-40-42-44-52(65)61-48(49(64)43-41-39-37-35-33-14-12-10-8-6-4-2)47-71-59-57(70)55(68)58(51(46-63)73-59)74-60-56(69)54(67)53(66)50(45-62)72-60/h5,7,11,13,16-17,19-20,22-23,25-26,28-29,48-51,53-60,62-64,66-70H,3-4,6,8-10,12,14-15,18,21,24,27,30-47H2,1-2H3,(H,61,65)/b7-5-,13-11-,17-16-,20-19-,23-22-,26-25-,29-28-. The summed E-state index contributed by atoms with van der Waals surface area (Å²) in [5.41, 5.74) is 0. The third-order valence-corrected chi connectivity index (χ3v) is 13.6. The first-order chi connectivity index (χ1) is 36.1. The second kappa shape index (κ2) is 45.2. The summed E-state index contributed by atoms with van der Waals surface area (Å²) in [5.74, 6) is -0.223. The second-order valence-corrected chi connectivity index (χ2v) is 20.0. The van der Waals surface area contributed by atoms with E-state index in [4.69, 9.17) is 18.9 Å². The molecule has 0 aromatic rings. The number of aliphatic hydroxyl groups is 8. The number of unbranched alkanes of at least 4 members (excludes halogenated alkanes) is 17. The van der Waals surface area contributed by atoms with Crippen molar-refractivity contribution in [3.63, 3.8) is 0 Å². The van der Waals surface area contributed by atoms with Crippen LogP contribution in [0.15, 0.2) is 85.1 Å². The van der Waals surface area contributed by atoms with Crippen LogP contribution in [0.25, 0.3) is 0 Å². The summed E-state index contributed by atoms with van der Waals surface area (Å²) in [6, 6.07) is -0.839. The third kappa shape index (κ3) is 30.8. The second-order valence-electron chi connectivity index (χ2n) is 20.0. The van der Waals surface area contributed by atoms with Gasteiger partial charge < -0.3 is 65.1 Å². The van der Waals surface area contributed by atoms with Gasteiger partial charge in [0.1, 0.15) is 48.8 Å². The van der Waals surface area contributed by atoms with Gasteiger partial charge in [-0.05, 0) is 70.6 Å². The van der Waals surface area contributed by atoms with Gasteiger partial charge in [-0.3, -0.25) is 4.79 Å². The van der Waals surface area contributed by atoms with E-state index in [1.807, 2.05) is 0 Å². The molecule has 0 aromatic carbocycles. The van der Waals surface area contributed by atoms with Crippen LogP contribution in [-0.4, -0.2) is 140 Å². The molecule has 2 aliphatic heterocycles. The average molecular weight is 1050 g/mol. The van der Waals surface area contributed by atoms with E-state index in [1.54, 1.807) is 0 Å². The Balaban J connectivity index is 1.71. The van der Waals surface area contributed by atoms with E-state index in [9.17, 15) is 45.6 Å². The molecule has 14 heteroatoms. The maximum absolute atomic E-state index is 13.2. The van der Waals surface area contributed by atoms with Gasteiger partial charge in [0.2, 0.25) is 5.91 Å². The van der Waals surface area contributed by atoms with Gasteiger partial charge in [0, 0.05) is 6.42 Å². The minimum Gasteiger partial charge on any atom is -0.394 e. The molecule has 74 heavy (non-hydrogen) atoms. The number of hydrogen-bond donors (Lipinski definition) is 9. The van der Waals surface area contributed by atoms with Crippen molar-refractivity contribution in [3.05, 3.63) is 85.1 Å². The Hall–Kier alpha value is -2.83. The molecule has 0 spiro atoms. The molecular weight excluding hydrogens is 943 g/mol. The van der Waals surface area contributed by atoms with Crippen molar-refractivity contribution in [1.82, 2.24) is 5.32 Å². The maximum Gasteiger partial charge on any atom is 0.220 e. The number of allylic oxidation sites excluding steroid dienone is 14. The van der Waals surface area contributed by atoms with E-state index in [0.29, 0.717) is 12.8 Å². The van der Waals surface area contributed by atoms with E-state index in [1.165, 1.54) is 51.4 Å². The number of carbonyl (C=O) groups excluding carboxylic acids is 1. The summed E-state index contributed by atoms with van der Waals surface area (Å²) in [4.78, 5) is 13.2. The lowest BCUT2D eigenvalue weighted by Gasteiger charge is -2.46. The highest BCUT2D eigenvalue weighted by Crippen LogP contribution is 2.30. The van der Waals surface area contributed by atoms with Crippen LogP contribution in [0.5, 0.6) is 0 Å². The van der Waals surface area contributed by atoms with Crippen molar-refractivity contribution in [1.29, 1.82) is 0 Å². The summed E-state index contributed by atoms with van der Waals surface area (Å²) >= 11 is 0. The van der Waals surface area contributed by atoms with Crippen LogP contribution in [-0.2, 0) is 23.7 Å². The SMILES string of the molecule is CC/C=C\C/C=C\C/C=C\C/C=C\C/C=C\C/C=C\C/C=C\CCCCCCCCCC(=O)NC(COC1OC(CO)C(OC2OC(CO)C(O)C(O)C2O)C(O)C1O)C(O)CCCCCCCCCCCCC. The number of amides is 1. The molecular formula is C60H103NO13. The van der Waals surface area contributed by atoms with Gasteiger partial charge in [0.15, 0.2) is 12.6 Å². The Kier molecular flexibility index (Phi) is 41.1. The van der Waals surface area contributed by atoms with Crippen LogP contribution in [0, 0.1) is 0 Å². The largest absolute Gasteiger partial charge is 0.394 e. The van der Waals surface area contributed by atoms with E-state index >= 15 is 0 Å². The van der Waals surface area contributed by atoms with Gasteiger partial charge in [0.25, 0.3) is 0 Å². The number of ether oxygens (including phenoxy) is 4. The van der Waals surface area contributed by atoms with Gasteiger partial charge in [-0.2, -0.15) is 0 Å². The van der Waals surface area contributed by atoms with Crippen LogP contribution >= 0.6 is 0 Å². The van der Waals surface area contributed by atoms with E-state index in [0.717, 1.165) is 109 Å². The van der Waals surface area contributed by atoms with Crippen LogP contribution in [0.4, 0.5) is 0 Å². The minimum atomic E-state index is -1.79. The smallest absolute Gasteiger partial charge is 0.220 e. The van der Waals surface area contributed by atoms with E-state index < -0.39 is 86.8 Å². The van der Waals surface area contributed by atoms with Crippen LogP contribution in [0.1, 0.15) is 194 Å². The molecule has 2 fully saturated rings. The highest BCUT2D eigenvalue weighted by Gasteiger charge is 2.51. The Morgan fingerprint density at radius 3 is 1.43 bits per heavy atom. The number of aliphatic hydroxyl groups excluding tert-OH is 8. The van der Waals surface area contributed by atoms with Gasteiger partial charge in [-0.25, -0.2) is 0 Å². The fourth-order valence-corrected chi connectivity index (χ4v) is 8.98. The van der Waals surface area contributed by atoms with Crippen LogP contribution in [0.3, 0.4) is 0 Å². The highest BCUT2D eigenvalue weighted by atomic mass is 16.7. The van der Waals surface area contributed by atoms with E-state index in [2.05, 4.69) is 104 Å². The number of carbonyl (C=O) groups is 1. The molecule has 426 valence electrons. The van der Waals surface area contributed by atoms with E-state index in [-0.39, 0.29) is 18.9 Å².